The summed E-state index contributed by atoms with van der Waals surface area (Å²) in [7, 11) is 1.61. The Hall–Kier alpha value is -3.58. The molecule has 3 aromatic carbocycles. The molecular weight excluding hydrogens is 446 g/mol. The molecule has 0 aromatic heterocycles. The van der Waals surface area contributed by atoms with Crippen molar-refractivity contribution in [1.82, 2.24) is 4.90 Å². The average molecular weight is 474 g/mol. The third-order valence-electron chi connectivity index (χ3n) is 5.55. The largest absolute Gasteiger partial charge is 0.497 e. The molecule has 4 rings (SSSR count). The van der Waals surface area contributed by atoms with E-state index < -0.39 is 5.25 Å². The molecule has 1 fully saturated rings. The average Bonchev–Trinajstić information content (AvgIpc) is 2.84. The van der Waals surface area contributed by atoms with Gasteiger partial charge < -0.3 is 10.1 Å². The molecule has 0 bridgehead atoms. The number of hydrogen-bond donors (Lipinski definition) is 1. The summed E-state index contributed by atoms with van der Waals surface area (Å²) in [5.41, 5.74) is 4.55. The van der Waals surface area contributed by atoms with Crippen LogP contribution in [0.25, 0.3) is 0 Å². The first-order valence-electron chi connectivity index (χ1n) is 11.0. The second-order valence-electron chi connectivity index (χ2n) is 8.18. The third kappa shape index (κ3) is 5.66. The van der Waals surface area contributed by atoms with E-state index in [0.717, 1.165) is 28.1 Å². The van der Waals surface area contributed by atoms with E-state index in [1.165, 1.54) is 11.8 Å². The molecule has 6 nitrogen and oxygen atoms in total. The Morgan fingerprint density at radius 2 is 1.82 bits per heavy atom. The van der Waals surface area contributed by atoms with Gasteiger partial charge in [0.05, 0.1) is 19.3 Å². The minimum atomic E-state index is -0.572. The molecular formula is C27H27N3O3S. The van der Waals surface area contributed by atoms with E-state index in [1.807, 2.05) is 86.6 Å². The summed E-state index contributed by atoms with van der Waals surface area (Å²) in [5, 5.41) is 2.92. The molecule has 1 saturated heterocycles. The maximum atomic E-state index is 13.2. The first-order valence-corrected chi connectivity index (χ1v) is 11.9. The van der Waals surface area contributed by atoms with Gasteiger partial charge in [-0.2, -0.15) is 0 Å². The van der Waals surface area contributed by atoms with Gasteiger partial charge in [0, 0.05) is 12.1 Å². The van der Waals surface area contributed by atoms with Crippen molar-refractivity contribution in [3.8, 4) is 5.75 Å². The highest BCUT2D eigenvalue weighted by Gasteiger charge is 2.36. The number of nitrogens with one attached hydrogen (secondary N) is 1. The molecule has 1 aliphatic rings. The number of rotatable bonds is 6. The smallest absolute Gasteiger partial charge is 0.238 e. The standard InChI is InChI=1S/C27H27N3O3S/c1-18-9-14-23(19(2)15-18)29-26(32)24-16-25(31)30(17-20-7-5-4-6-8-20)27(34-24)28-21-10-12-22(33-3)13-11-21/h4-15,24H,16-17H2,1-3H3,(H,29,32). The number of thioether (sulfide) groups is 1. The molecule has 0 radical (unpaired) electrons. The number of ether oxygens (including phenoxy) is 1. The number of amidine groups is 1. The van der Waals surface area contributed by atoms with Crippen molar-refractivity contribution < 1.29 is 14.3 Å². The summed E-state index contributed by atoms with van der Waals surface area (Å²) in [6, 6.07) is 22.9. The molecule has 1 N–H and O–H groups in total. The van der Waals surface area contributed by atoms with Crippen LogP contribution in [-0.4, -0.2) is 34.2 Å². The Bertz CT molecular complexity index is 1210. The highest BCUT2D eigenvalue weighted by molar-refractivity contribution is 8.15. The van der Waals surface area contributed by atoms with Crippen LogP contribution in [0, 0.1) is 13.8 Å². The highest BCUT2D eigenvalue weighted by Crippen LogP contribution is 2.32. The van der Waals surface area contributed by atoms with Gasteiger partial charge in [-0.25, -0.2) is 4.99 Å². The molecule has 0 spiro atoms. The summed E-state index contributed by atoms with van der Waals surface area (Å²) >= 11 is 1.32. The van der Waals surface area contributed by atoms with Crippen LogP contribution in [0.4, 0.5) is 11.4 Å². The zero-order chi connectivity index (χ0) is 24.1. The number of methoxy groups -OCH3 is 1. The van der Waals surface area contributed by atoms with Gasteiger partial charge in [0.2, 0.25) is 11.8 Å². The van der Waals surface area contributed by atoms with E-state index in [2.05, 4.69) is 5.32 Å². The highest BCUT2D eigenvalue weighted by atomic mass is 32.2. The molecule has 1 atom stereocenters. The van der Waals surface area contributed by atoms with E-state index in [-0.39, 0.29) is 18.2 Å². The lowest BCUT2D eigenvalue weighted by molar-refractivity contribution is -0.129. The first-order chi connectivity index (χ1) is 16.4. The molecule has 34 heavy (non-hydrogen) atoms. The lowest BCUT2D eigenvalue weighted by atomic mass is 10.1. The minimum Gasteiger partial charge on any atom is -0.497 e. The van der Waals surface area contributed by atoms with Crippen molar-refractivity contribution >= 4 is 40.1 Å². The predicted molar refractivity (Wildman–Crippen MR) is 138 cm³/mol. The molecule has 174 valence electrons. The topological polar surface area (TPSA) is 71.0 Å². The third-order valence-corrected chi connectivity index (χ3v) is 6.74. The SMILES string of the molecule is COc1ccc(N=C2SC(C(=O)Nc3ccc(C)cc3C)CC(=O)N2Cc2ccccc2)cc1. The molecule has 1 aliphatic heterocycles. The van der Waals surface area contributed by atoms with Gasteiger partial charge in [-0.15, -0.1) is 0 Å². The van der Waals surface area contributed by atoms with Crippen LogP contribution < -0.4 is 10.1 Å². The van der Waals surface area contributed by atoms with Crippen molar-refractivity contribution in [2.75, 3.05) is 12.4 Å². The van der Waals surface area contributed by atoms with Crippen LogP contribution in [0.1, 0.15) is 23.1 Å². The van der Waals surface area contributed by atoms with Gasteiger partial charge in [-0.3, -0.25) is 14.5 Å². The Kier molecular flexibility index (Phi) is 7.33. The number of aliphatic imine (C=N–C) groups is 1. The van der Waals surface area contributed by atoms with Crippen LogP contribution in [0.2, 0.25) is 0 Å². The number of carbonyl (C=O) groups excluding carboxylic acids is 2. The number of carbonyl (C=O) groups is 2. The normalized spacial score (nSPS) is 17.0. The molecule has 3 aromatic rings. The lowest BCUT2D eigenvalue weighted by Gasteiger charge is -2.32. The van der Waals surface area contributed by atoms with E-state index in [1.54, 1.807) is 12.0 Å². The number of aryl methyl sites for hydroxylation is 2. The summed E-state index contributed by atoms with van der Waals surface area (Å²) < 4.78 is 5.23. The van der Waals surface area contributed by atoms with Crippen LogP contribution in [0.3, 0.4) is 0 Å². The van der Waals surface area contributed by atoms with Crippen molar-refractivity contribution in [3.05, 3.63) is 89.5 Å². The Morgan fingerprint density at radius 3 is 2.50 bits per heavy atom. The zero-order valence-electron chi connectivity index (χ0n) is 19.4. The number of anilines is 1. The van der Waals surface area contributed by atoms with Crippen LogP contribution in [0.5, 0.6) is 5.75 Å². The maximum absolute atomic E-state index is 13.2. The van der Waals surface area contributed by atoms with Crippen LogP contribution in [-0.2, 0) is 16.1 Å². The van der Waals surface area contributed by atoms with Crippen LogP contribution in [0.15, 0.2) is 77.8 Å². The summed E-state index contributed by atoms with van der Waals surface area (Å²) in [6.45, 7) is 4.37. The van der Waals surface area contributed by atoms with Crippen molar-refractivity contribution in [2.45, 2.75) is 32.1 Å². The first kappa shape index (κ1) is 23.6. The molecule has 1 heterocycles. The predicted octanol–water partition coefficient (Wildman–Crippen LogP) is 5.47. The molecule has 0 saturated carbocycles. The van der Waals surface area contributed by atoms with Gasteiger partial charge >= 0.3 is 0 Å². The molecule has 1 unspecified atom stereocenters. The monoisotopic (exact) mass is 473 g/mol. The van der Waals surface area contributed by atoms with Gasteiger partial charge in [0.15, 0.2) is 5.17 Å². The molecule has 7 heteroatoms. The fraction of sp³-hybridized carbons (Fsp3) is 0.222. The van der Waals surface area contributed by atoms with Gasteiger partial charge in [-0.05, 0) is 55.3 Å². The Labute approximate surface area is 204 Å². The van der Waals surface area contributed by atoms with Crippen molar-refractivity contribution in [1.29, 1.82) is 0 Å². The van der Waals surface area contributed by atoms with Crippen LogP contribution >= 0.6 is 11.8 Å². The van der Waals surface area contributed by atoms with Gasteiger partial charge in [0.1, 0.15) is 11.0 Å². The molecule has 0 aliphatic carbocycles. The second-order valence-corrected chi connectivity index (χ2v) is 9.35. The summed E-state index contributed by atoms with van der Waals surface area (Å²) in [4.78, 5) is 32.7. The number of benzene rings is 3. The van der Waals surface area contributed by atoms with Gasteiger partial charge in [0.25, 0.3) is 0 Å². The zero-order valence-corrected chi connectivity index (χ0v) is 20.3. The fourth-order valence-corrected chi connectivity index (χ4v) is 4.80. The number of amides is 2. The van der Waals surface area contributed by atoms with Gasteiger partial charge in [-0.1, -0.05) is 59.8 Å². The quantitative estimate of drug-likeness (QED) is 0.515. The summed E-state index contributed by atoms with van der Waals surface area (Å²) in [5.74, 6) is 0.394. The van der Waals surface area contributed by atoms with E-state index >= 15 is 0 Å². The van der Waals surface area contributed by atoms with Crippen molar-refractivity contribution in [3.63, 3.8) is 0 Å². The summed E-state index contributed by atoms with van der Waals surface area (Å²) in [6.07, 6.45) is 0.107. The second kappa shape index (κ2) is 10.6. The number of hydrogen-bond acceptors (Lipinski definition) is 5. The van der Waals surface area contributed by atoms with Crippen molar-refractivity contribution in [2.24, 2.45) is 4.99 Å². The minimum absolute atomic E-state index is 0.107. The Balaban J connectivity index is 1.60. The molecule has 2 amide bonds. The maximum Gasteiger partial charge on any atom is 0.238 e. The fourth-order valence-electron chi connectivity index (χ4n) is 3.70. The van der Waals surface area contributed by atoms with E-state index in [4.69, 9.17) is 9.73 Å². The van der Waals surface area contributed by atoms with E-state index in [9.17, 15) is 9.59 Å². The number of nitrogens with zero attached hydrogens (tertiary/aromatic N) is 2. The lowest BCUT2D eigenvalue weighted by Crippen LogP contribution is -2.44. The Morgan fingerprint density at radius 1 is 1.09 bits per heavy atom. The van der Waals surface area contributed by atoms with E-state index in [0.29, 0.717) is 17.4 Å².